The zero-order valence-corrected chi connectivity index (χ0v) is 18.6. The summed E-state index contributed by atoms with van der Waals surface area (Å²) in [5.74, 6) is 6.86. The molecule has 0 bridgehead atoms. The molecule has 2 heteroatoms. The van der Waals surface area contributed by atoms with Crippen LogP contribution < -0.4 is 9.47 Å². The Balaban J connectivity index is 1.72. The lowest BCUT2D eigenvalue weighted by Gasteiger charge is -2.19. The Hall–Kier alpha value is -4.66. The Morgan fingerprint density at radius 3 is 1.29 bits per heavy atom. The van der Waals surface area contributed by atoms with E-state index in [0.717, 1.165) is 43.8 Å². The molecular weight excluding hydrogens is 416 g/mol. The predicted molar refractivity (Wildman–Crippen MR) is 139 cm³/mol. The second-order valence-electron chi connectivity index (χ2n) is 8.02. The first-order chi connectivity index (χ1) is 16.8. The van der Waals surface area contributed by atoms with E-state index >= 15 is 0 Å². The number of hydrogen-bond donors (Lipinski definition) is 0. The smallest absolute Gasteiger partial charge is 0.170 e. The number of ether oxygens (including phenoxy) is 2. The molecule has 0 N–H and O–H groups in total. The van der Waals surface area contributed by atoms with Crippen LogP contribution in [0, 0.1) is 24.7 Å². The molecule has 0 heterocycles. The van der Waals surface area contributed by atoms with Gasteiger partial charge >= 0.3 is 0 Å². The first-order valence-electron chi connectivity index (χ1n) is 11.1. The van der Waals surface area contributed by atoms with Gasteiger partial charge in [-0.25, -0.2) is 0 Å². The molecule has 2 nitrogen and oxygen atoms in total. The highest BCUT2D eigenvalue weighted by atomic mass is 16.5. The van der Waals surface area contributed by atoms with Crippen LogP contribution in [0.4, 0.5) is 0 Å². The highest BCUT2D eigenvalue weighted by molar-refractivity contribution is 6.14. The lowest BCUT2D eigenvalue weighted by atomic mass is 9.96. The fourth-order valence-electron chi connectivity index (χ4n) is 4.10. The molecule has 0 spiro atoms. The van der Waals surface area contributed by atoms with E-state index < -0.39 is 0 Å². The molecule has 0 saturated heterocycles. The first-order valence-corrected chi connectivity index (χ1v) is 11.1. The molecule has 0 radical (unpaired) electrons. The Morgan fingerprint density at radius 1 is 0.500 bits per heavy atom. The number of rotatable bonds is 6. The van der Waals surface area contributed by atoms with Gasteiger partial charge in [0.15, 0.2) is 11.5 Å². The molecule has 5 aromatic carbocycles. The van der Waals surface area contributed by atoms with Crippen LogP contribution in [0.25, 0.3) is 21.5 Å². The Labute approximate surface area is 199 Å². The van der Waals surface area contributed by atoms with Crippen LogP contribution in [-0.2, 0) is 13.2 Å². The largest absolute Gasteiger partial charge is 0.484 e. The van der Waals surface area contributed by atoms with Gasteiger partial charge in [-0.3, -0.25) is 0 Å². The second kappa shape index (κ2) is 9.45. The van der Waals surface area contributed by atoms with Gasteiger partial charge in [-0.1, -0.05) is 72.5 Å². The zero-order chi connectivity index (χ0) is 23.3. The van der Waals surface area contributed by atoms with Crippen molar-refractivity contribution in [3.8, 4) is 36.2 Å². The van der Waals surface area contributed by atoms with E-state index in [1.54, 1.807) is 0 Å². The lowest BCUT2D eigenvalue weighted by molar-refractivity contribution is 0.261. The maximum Gasteiger partial charge on any atom is 0.170 e. The number of hydrogen-bond acceptors (Lipinski definition) is 2. The van der Waals surface area contributed by atoms with Crippen LogP contribution in [0.5, 0.6) is 11.5 Å². The molecule has 0 aliphatic rings. The first kappa shape index (κ1) is 21.2. The van der Waals surface area contributed by atoms with E-state index in [4.69, 9.17) is 22.3 Å². The average molecular weight is 439 g/mol. The number of fused-ring (bicyclic) bond motifs is 3. The highest BCUT2D eigenvalue weighted by Gasteiger charge is 2.18. The molecule has 0 amide bonds. The van der Waals surface area contributed by atoms with Crippen LogP contribution in [-0.4, -0.2) is 0 Å². The van der Waals surface area contributed by atoms with Crippen molar-refractivity contribution >= 4 is 21.5 Å². The molecule has 0 unspecified atom stereocenters. The topological polar surface area (TPSA) is 18.5 Å². The summed E-state index contributed by atoms with van der Waals surface area (Å²) in [4.78, 5) is 0. The standard InChI is InChI=1S/C32H22O2/c1-3-23-15-17-27-29(19-23)30-20-24(4-2)16-18-28(30)32(34-22-26-13-9-6-10-14-26)31(27)33-21-25-11-7-5-8-12-25/h1-2,5-20H,21-22H2. The van der Waals surface area contributed by atoms with E-state index in [1.165, 1.54) is 0 Å². The van der Waals surface area contributed by atoms with Crippen molar-refractivity contribution in [3.63, 3.8) is 0 Å². The molecule has 0 aromatic heterocycles. The van der Waals surface area contributed by atoms with Crippen molar-refractivity contribution in [1.29, 1.82) is 0 Å². The summed E-state index contributed by atoms with van der Waals surface area (Å²) >= 11 is 0. The normalized spacial score (nSPS) is 10.5. The Kier molecular flexibility index (Phi) is 5.89. The third-order valence-electron chi connectivity index (χ3n) is 5.81. The maximum absolute atomic E-state index is 6.45. The van der Waals surface area contributed by atoms with Gasteiger partial charge < -0.3 is 9.47 Å². The average Bonchev–Trinajstić information content (AvgIpc) is 2.91. The predicted octanol–water partition coefficient (Wildman–Crippen LogP) is 7.11. The van der Waals surface area contributed by atoms with Gasteiger partial charge in [0.2, 0.25) is 0 Å². The van der Waals surface area contributed by atoms with E-state index in [1.807, 2.05) is 97.1 Å². The molecule has 34 heavy (non-hydrogen) atoms. The van der Waals surface area contributed by atoms with Crippen LogP contribution in [0.2, 0.25) is 0 Å². The Bertz CT molecular complexity index is 1430. The van der Waals surface area contributed by atoms with E-state index in [9.17, 15) is 0 Å². The number of terminal acetylenes is 2. The summed E-state index contributed by atoms with van der Waals surface area (Å²) in [5.41, 5.74) is 3.75. The van der Waals surface area contributed by atoms with Gasteiger partial charge in [0.25, 0.3) is 0 Å². The van der Waals surface area contributed by atoms with Crippen LogP contribution >= 0.6 is 0 Å². The summed E-state index contributed by atoms with van der Waals surface area (Å²) in [6.07, 6.45) is 11.4. The molecule has 5 rings (SSSR count). The van der Waals surface area contributed by atoms with Gasteiger partial charge in [0, 0.05) is 21.9 Å². The van der Waals surface area contributed by atoms with Crippen LogP contribution in [0.3, 0.4) is 0 Å². The van der Waals surface area contributed by atoms with E-state index in [-0.39, 0.29) is 0 Å². The van der Waals surface area contributed by atoms with Crippen LogP contribution in [0.1, 0.15) is 22.3 Å². The molecule has 5 aromatic rings. The van der Waals surface area contributed by atoms with E-state index in [2.05, 4.69) is 11.8 Å². The molecule has 0 atom stereocenters. The van der Waals surface area contributed by atoms with Crippen molar-refractivity contribution < 1.29 is 9.47 Å². The summed E-state index contributed by atoms with van der Waals surface area (Å²) in [6.45, 7) is 0.838. The highest BCUT2D eigenvalue weighted by Crippen LogP contribution is 2.45. The fraction of sp³-hybridized carbons (Fsp3) is 0.0625. The Morgan fingerprint density at radius 2 is 0.912 bits per heavy atom. The third kappa shape index (κ3) is 4.18. The second-order valence-corrected chi connectivity index (χ2v) is 8.02. The van der Waals surface area contributed by atoms with Crippen molar-refractivity contribution in [2.45, 2.75) is 13.2 Å². The summed E-state index contributed by atoms with van der Waals surface area (Å²) in [5, 5.41) is 3.83. The monoisotopic (exact) mass is 438 g/mol. The molecule has 162 valence electrons. The fourth-order valence-corrected chi connectivity index (χ4v) is 4.10. The van der Waals surface area contributed by atoms with Gasteiger partial charge in [-0.2, -0.15) is 0 Å². The van der Waals surface area contributed by atoms with Gasteiger partial charge in [0.1, 0.15) is 13.2 Å². The summed E-state index contributed by atoms with van der Waals surface area (Å²) in [7, 11) is 0. The van der Waals surface area contributed by atoms with Crippen molar-refractivity contribution in [1.82, 2.24) is 0 Å². The van der Waals surface area contributed by atoms with E-state index in [0.29, 0.717) is 24.7 Å². The third-order valence-corrected chi connectivity index (χ3v) is 5.81. The summed E-state index contributed by atoms with van der Waals surface area (Å²) in [6, 6.07) is 32.1. The minimum Gasteiger partial charge on any atom is -0.484 e. The van der Waals surface area contributed by atoms with Crippen molar-refractivity contribution in [2.75, 3.05) is 0 Å². The van der Waals surface area contributed by atoms with Crippen LogP contribution in [0.15, 0.2) is 97.1 Å². The van der Waals surface area contributed by atoms with Crippen molar-refractivity contribution in [2.24, 2.45) is 0 Å². The molecule has 0 saturated carbocycles. The lowest BCUT2D eigenvalue weighted by Crippen LogP contribution is -2.02. The molecule has 0 fully saturated rings. The van der Waals surface area contributed by atoms with Gasteiger partial charge in [-0.05, 0) is 58.3 Å². The molecule has 0 aliphatic heterocycles. The maximum atomic E-state index is 6.45. The zero-order valence-electron chi connectivity index (χ0n) is 18.6. The van der Waals surface area contributed by atoms with Crippen molar-refractivity contribution in [3.05, 3.63) is 119 Å². The molecular formula is C32H22O2. The minimum atomic E-state index is 0.419. The quantitative estimate of drug-likeness (QED) is 0.208. The molecule has 0 aliphatic carbocycles. The SMILES string of the molecule is C#Cc1ccc2c(OCc3ccccc3)c(OCc3ccccc3)c3ccc(C#C)cc3c2c1. The van der Waals surface area contributed by atoms with Gasteiger partial charge in [0.05, 0.1) is 0 Å². The van der Waals surface area contributed by atoms with Gasteiger partial charge in [-0.15, -0.1) is 12.8 Å². The number of benzene rings is 5. The summed E-state index contributed by atoms with van der Waals surface area (Å²) < 4.78 is 12.9. The minimum absolute atomic E-state index is 0.419.